The molecule has 1 aromatic carbocycles. The Morgan fingerprint density at radius 3 is 2.58 bits per heavy atom. The van der Waals surface area contributed by atoms with E-state index in [2.05, 4.69) is 21.2 Å². The predicted octanol–water partition coefficient (Wildman–Crippen LogP) is 2.64. The third-order valence-corrected chi connectivity index (χ3v) is 3.96. The zero-order chi connectivity index (χ0) is 14.5. The van der Waals surface area contributed by atoms with Gasteiger partial charge < -0.3 is 11.1 Å². The topological polar surface area (TPSA) is 55.1 Å². The normalized spacial score (nSPS) is 13.1. The highest BCUT2D eigenvalue weighted by Gasteiger charge is 2.28. The van der Waals surface area contributed by atoms with Gasteiger partial charge in [0.2, 0.25) is 5.91 Å². The monoisotopic (exact) mass is 352 g/mol. The Balaban J connectivity index is 2.47. The van der Waals surface area contributed by atoms with E-state index in [9.17, 15) is 13.6 Å². The molecule has 1 atom stereocenters. The quantitative estimate of drug-likeness (QED) is 0.773. The Kier molecular flexibility index (Phi) is 6.22. The summed E-state index contributed by atoms with van der Waals surface area (Å²) in [4.78, 5) is 12.6. The van der Waals surface area contributed by atoms with E-state index in [0.29, 0.717) is 0 Å². The second kappa shape index (κ2) is 7.21. The van der Waals surface area contributed by atoms with Crippen LogP contribution in [-0.4, -0.2) is 30.2 Å². The summed E-state index contributed by atoms with van der Waals surface area (Å²) in [5, 5.41) is 1.76. The molecule has 3 N–H and O–H groups in total. The summed E-state index contributed by atoms with van der Waals surface area (Å²) < 4.78 is 26.7. The maximum absolute atomic E-state index is 12.9. The molecule has 0 fully saturated rings. The van der Waals surface area contributed by atoms with Crippen LogP contribution in [-0.2, 0) is 4.79 Å². The average Bonchev–Trinajstić information content (AvgIpc) is 2.38. The molecule has 0 aliphatic rings. The molecule has 1 amide bonds. The van der Waals surface area contributed by atoms with E-state index >= 15 is 0 Å². The third-order valence-electron chi connectivity index (χ3n) is 2.32. The molecule has 0 aliphatic carbocycles. The van der Waals surface area contributed by atoms with E-state index in [-0.39, 0.29) is 0 Å². The SMILES string of the molecule is CC(Sc1ccc(Br)cc1)C(=O)NCC(F)(F)CN. The van der Waals surface area contributed by atoms with E-state index in [0.717, 1.165) is 9.37 Å². The standard InChI is InChI=1S/C12H15BrF2N2OS/c1-8(11(18)17-7-12(14,15)6-16)19-10-4-2-9(13)3-5-10/h2-5,8H,6-7,16H2,1H3,(H,17,18). The summed E-state index contributed by atoms with van der Waals surface area (Å²) in [6, 6.07) is 7.42. The number of benzene rings is 1. The maximum Gasteiger partial charge on any atom is 0.277 e. The van der Waals surface area contributed by atoms with Crippen molar-refractivity contribution in [3.05, 3.63) is 28.7 Å². The molecule has 1 rings (SSSR count). The fourth-order valence-corrected chi connectivity index (χ4v) is 2.36. The van der Waals surface area contributed by atoms with E-state index in [1.165, 1.54) is 11.8 Å². The molecule has 0 aliphatic heterocycles. The van der Waals surface area contributed by atoms with Crippen LogP contribution in [0.1, 0.15) is 6.92 Å². The highest BCUT2D eigenvalue weighted by atomic mass is 79.9. The van der Waals surface area contributed by atoms with Gasteiger partial charge in [-0.2, -0.15) is 0 Å². The minimum Gasteiger partial charge on any atom is -0.349 e. The highest BCUT2D eigenvalue weighted by molar-refractivity contribution is 9.10. The number of nitrogens with two attached hydrogens (primary N) is 1. The van der Waals surface area contributed by atoms with Gasteiger partial charge in [-0.3, -0.25) is 4.79 Å². The first-order valence-electron chi connectivity index (χ1n) is 5.62. The van der Waals surface area contributed by atoms with Crippen molar-refractivity contribution in [2.75, 3.05) is 13.1 Å². The summed E-state index contributed by atoms with van der Waals surface area (Å²) in [7, 11) is 0. The molecule has 0 bridgehead atoms. The molecular formula is C12H15BrF2N2OS. The number of carbonyl (C=O) groups excluding carboxylic acids is 1. The van der Waals surface area contributed by atoms with Crippen molar-refractivity contribution in [3.8, 4) is 0 Å². The predicted molar refractivity (Wildman–Crippen MR) is 76.5 cm³/mol. The second-order valence-electron chi connectivity index (χ2n) is 3.99. The number of thioether (sulfide) groups is 1. The van der Waals surface area contributed by atoms with Crippen LogP contribution in [0.4, 0.5) is 8.78 Å². The Hall–Kier alpha value is -0.660. The Bertz CT molecular complexity index is 428. The molecule has 0 saturated carbocycles. The van der Waals surface area contributed by atoms with Gasteiger partial charge >= 0.3 is 0 Å². The van der Waals surface area contributed by atoms with Gasteiger partial charge in [-0.25, -0.2) is 8.78 Å². The van der Waals surface area contributed by atoms with Crippen LogP contribution >= 0.6 is 27.7 Å². The smallest absolute Gasteiger partial charge is 0.277 e. The Labute approximate surface area is 123 Å². The van der Waals surface area contributed by atoms with E-state index < -0.39 is 30.2 Å². The van der Waals surface area contributed by atoms with Gasteiger partial charge in [0.15, 0.2) is 0 Å². The third kappa shape index (κ3) is 5.88. The number of nitrogens with one attached hydrogen (secondary N) is 1. The number of carbonyl (C=O) groups is 1. The lowest BCUT2D eigenvalue weighted by molar-refractivity contribution is -0.122. The molecule has 3 nitrogen and oxygen atoms in total. The van der Waals surface area contributed by atoms with Crippen LogP contribution in [0.5, 0.6) is 0 Å². The fourth-order valence-electron chi connectivity index (χ4n) is 1.20. The second-order valence-corrected chi connectivity index (χ2v) is 6.32. The summed E-state index contributed by atoms with van der Waals surface area (Å²) in [5.74, 6) is -3.49. The van der Waals surface area contributed by atoms with Gasteiger partial charge in [0.1, 0.15) is 0 Å². The van der Waals surface area contributed by atoms with Gasteiger partial charge in [0, 0.05) is 9.37 Å². The van der Waals surface area contributed by atoms with E-state index in [1.54, 1.807) is 6.92 Å². The number of halogens is 3. The largest absolute Gasteiger partial charge is 0.349 e. The van der Waals surface area contributed by atoms with Crippen molar-refractivity contribution in [1.82, 2.24) is 5.32 Å². The van der Waals surface area contributed by atoms with Gasteiger partial charge in [-0.1, -0.05) is 15.9 Å². The minimum absolute atomic E-state index is 0.430. The number of amides is 1. The summed E-state index contributed by atoms with van der Waals surface area (Å²) in [5.41, 5.74) is 4.90. The summed E-state index contributed by atoms with van der Waals surface area (Å²) >= 11 is 4.62. The Morgan fingerprint density at radius 2 is 2.05 bits per heavy atom. The molecule has 0 aromatic heterocycles. The lowest BCUT2D eigenvalue weighted by Gasteiger charge is -2.17. The molecule has 0 heterocycles. The van der Waals surface area contributed by atoms with Crippen molar-refractivity contribution >= 4 is 33.6 Å². The Morgan fingerprint density at radius 1 is 1.47 bits per heavy atom. The van der Waals surface area contributed by atoms with Crippen LogP contribution in [0.15, 0.2) is 33.6 Å². The van der Waals surface area contributed by atoms with Gasteiger partial charge in [0.05, 0.1) is 18.3 Å². The average molecular weight is 353 g/mol. The van der Waals surface area contributed by atoms with E-state index in [4.69, 9.17) is 5.73 Å². The van der Waals surface area contributed by atoms with Crippen molar-refractivity contribution in [3.63, 3.8) is 0 Å². The van der Waals surface area contributed by atoms with E-state index in [1.807, 2.05) is 24.3 Å². The van der Waals surface area contributed by atoms with Gasteiger partial charge in [-0.05, 0) is 31.2 Å². The molecule has 0 spiro atoms. The molecule has 106 valence electrons. The highest BCUT2D eigenvalue weighted by Crippen LogP contribution is 2.25. The fraction of sp³-hybridized carbons (Fsp3) is 0.417. The summed E-state index contributed by atoms with van der Waals surface area (Å²) in [6.07, 6.45) is 0. The lowest BCUT2D eigenvalue weighted by atomic mass is 10.3. The molecule has 1 aromatic rings. The van der Waals surface area contributed by atoms with Crippen LogP contribution in [0.25, 0.3) is 0 Å². The molecular weight excluding hydrogens is 338 g/mol. The summed E-state index contributed by atoms with van der Waals surface area (Å²) in [6.45, 7) is 0.164. The zero-order valence-corrected chi connectivity index (χ0v) is 12.7. The van der Waals surface area contributed by atoms with Crippen LogP contribution in [0, 0.1) is 0 Å². The van der Waals surface area contributed by atoms with Crippen molar-refractivity contribution in [2.45, 2.75) is 23.0 Å². The van der Waals surface area contributed by atoms with Crippen molar-refractivity contribution in [2.24, 2.45) is 5.73 Å². The first-order chi connectivity index (χ1) is 8.84. The number of rotatable bonds is 6. The molecule has 19 heavy (non-hydrogen) atoms. The van der Waals surface area contributed by atoms with Gasteiger partial charge in [0.25, 0.3) is 5.92 Å². The molecule has 7 heteroatoms. The molecule has 1 unspecified atom stereocenters. The maximum atomic E-state index is 12.9. The van der Waals surface area contributed by atoms with Crippen LogP contribution < -0.4 is 11.1 Å². The minimum atomic E-state index is -3.06. The molecule has 0 radical (unpaired) electrons. The number of hydrogen-bond acceptors (Lipinski definition) is 3. The number of alkyl halides is 2. The first kappa shape index (κ1) is 16.4. The van der Waals surface area contributed by atoms with Crippen LogP contribution in [0.2, 0.25) is 0 Å². The lowest BCUT2D eigenvalue weighted by Crippen LogP contribution is -2.43. The van der Waals surface area contributed by atoms with Gasteiger partial charge in [-0.15, -0.1) is 11.8 Å². The number of hydrogen-bond donors (Lipinski definition) is 2. The molecule has 0 saturated heterocycles. The zero-order valence-electron chi connectivity index (χ0n) is 10.3. The van der Waals surface area contributed by atoms with Crippen molar-refractivity contribution in [1.29, 1.82) is 0 Å². The van der Waals surface area contributed by atoms with Crippen LogP contribution in [0.3, 0.4) is 0 Å². The van der Waals surface area contributed by atoms with Crippen molar-refractivity contribution < 1.29 is 13.6 Å². The first-order valence-corrected chi connectivity index (χ1v) is 7.29.